The lowest BCUT2D eigenvalue weighted by molar-refractivity contribution is 0.0884. The van der Waals surface area contributed by atoms with Crippen molar-refractivity contribution in [2.45, 2.75) is 44.7 Å². The lowest BCUT2D eigenvalue weighted by atomic mass is 10.1. The zero-order valence-electron chi connectivity index (χ0n) is 9.54. The summed E-state index contributed by atoms with van der Waals surface area (Å²) in [6.07, 6.45) is 5.09. The van der Waals surface area contributed by atoms with E-state index in [2.05, 4.69) is 11.8 Å². The van der Waals surface area contributed by atoms with Crippen molar-refractivity contribution in [1.82, 2.24) is 4.90 Å². The number of ether oxygens (including phenoxy) is 1. The first-order valence-electron chi connectivity index (χ1n) is 5.74. The smallest absolute Gasteiger partial charge is 0.0615 e. The first-order valence-corrected chi connectivity index (χ1v) is 5.74. The van der Waals surface area contributed by atoms with Gasteiger partial charge in [0.25, 0.3) is 0 Å². The molecule has 0 aromatic rings. The van der Waals surface area contributed by atoms with E-state index in [0.717, 1.165) is 25.6 Å². The fourth-order valence-electron chi connectivity index (χ4n) is 2.44. The zero-order chi connectivity index (χ0) is 10.4. The summed E-state index contributed by atoms with van der Waals surface area (Å²) in [4.78, 5) is 2.58. The van der Waals surface area contributed by atoms with Gasteiger partial charge < -0.3 is 10.5 Å². The van der Waals surface area contributed by atoms with Gasteiger partial charge in [-0.25, -0.2) is 0 Å². The maximum Gasteiger partial charge on any atom is 0.0615 e. The number of rotatable bonds is 6. The molecule has 0 saturated carbocycles. The van der Waals surface area contributed by atoms with Gasteiger partial charge in [-0.05, 0) is 45.7 Å². The molecule has 0 aromatic heterocycles. The molecule has 0 spiro atoms. The topological polar surface area (TPSA) is 38.5 Å². The van der Waals surface area contributed by atoms with Crippen LogP contribution in [0.5, 0.6) is 0 Å². The summed E-state index contributed by atoms with van der Waals surface area (Å²) in [7, 11) is 1.78. The van der Waals surface area contributed by atoms with E-state index in [4.69, 9.17) is 10.5 Å². The van der Waals surface area contributed by atoms with Crippen LogP contribution in [0.1, 0.15) is 32.6 Å². The van der Waals surface area contributed by atoms with Crippen molar-refractivity contribution in [3.05, 3.63) is 0 Å². The van der Waals surface area contributed by atoms with Gasteiger partial charge in [-0.1, -0.05) is 0 Å². The van der Waals surface area contributed by atoms with Crippen molar-refractivity contribution in [1.29, 1.82) is 0 Å². The predicted octanol–water partition coefficient (Wildman–Crippen LogP) is 1.22. The molecule has 1 aliphatic heterocycles. The van der Waals surface area contributed by atoms with E-state index in [1.807, 2.05) is 0 Å². The molecule has 1 rings (SSSR count). The molecule has 14 heavy (non-hydrogen) atoms. The van der Waals surface area contributed by atoms with Gasteiger partial charge in [-0.2, -0.15) is 0 Å². The summed E-state index contributed by atoms with van der Waals surface area (Å²) >= 11 is 0. The minimum Gasteiger partial charge on any atom is -0.383 e. The molecule has 2 unspecified atom stereocenters. The summed E-state index contributed by atoms with van der Waals surface area (Å²) in [5, 5.41) is 0. The van der Waals surface area contributed by atoms with Gasteiger partial charge in [0, 0.05) is 19.2 Å². The van der Waals surface area contributed by atoms with E-state index >= 15 is 0 Å². The number of hydrogen-bond donors (Lipinski definition) is 1. The van der Waals surface area contributed by atoms with Crippen LogP contribution in [0.15, 0.2) is 0 Å². The van der Waals surface area contributed by atoms with E-state index < -0.39 is 0 Å². The van der Waals surface area contributed by atoms with Gasteiger partial charge in [0.05, 0.1) is 6.61 Å². The molecule has 0 amide bonds. The molecule has 2 atom stereocenters. The van der Waals surface area contributed by atoms with Crippen LogP contribution in [-0.2, 0) is 4.74 Å². The van der Waals surface area contributed by atoms with Crippen LogP contribution >= 0.6 is 0 Å². The third kappa shape index (κ3) is 3.23. The van der Waals surface area contributed by atoms with Crippen LogP contribution in [0.4, 0.5) is 0 Å². The highest BCUT2D eigenvalue weighted by Crippen LogP contribution is 2.23. The first-order chi connectivity index (χ1) is 6.79. The van der Waals surface area contributed by atoms with Crippen molar-refractivity contribution in [2.75, 3.05) is 26.8 Å². The van der Waals surface area contributed by atoms with Gasteiger partial charge in [0.2, 0.25) is 0 Å². The average molecular weight is 200 g/mol. The largest absolute Gasteiger partial charge is 0.383 e. The Hall–Kier alpha value is -0.120. The third-order valence-corrected chi connectivity index (χ3v) is 3.14. The first kappa shape index (κ1) is 12.0. The maximum absolute atomic E-state index is 5.54. The minimum absolute atomic E-state index is 0.560. The second-order valence-electron chi connectivity index (χ2n) is 4.27. The van der Waals surface area contributed by atoms with Crippen LogP contribution in [0.2, 0.25) is 0 Å². The van der Waals surface area contributed by atoms with Crippen molar-refractivity contribution in [3.8, 4) is 0 Å². The Morgan fingerprint density at radius 2 is 2.36 bits per heavy atom. The monoisotopic (exact) mass is 200 g/mol. The number of hydrogen-bond acceptors (Lipinski definition) is 3. The Labute approximate surface area is 87.6 Å². The molecule has 3 nitrogen and oxygen atoms in total. The quantitative estimate of drug-likeness (QED) is 0.701. The van der Waals surface area contributed by atoms with Gasteiger partial charge in [0.1, 0.15) is 0 Å². The van der Waals surface area contributed by atoms with E-state index in [0.29, 0.717) is 6.04 Å². The molecule has 0 radical (unpaired) electrons. The number of methoxy groups -OCH3 is 1. The zero-order valence-corrected chi connectivity index (χ0v) is 9.54. The maximum atomic E-state index is 5.54. The molecule has 84 valence electrons. The van der Waals surface area contributed by atoms with E-state index in [1.165, 1.54) is 25.8 Å². The fourth-order valence-corrected chi connectivity index (χ4v) is 2.44. The van der Waals surface area contributed by atoms with Crippen LogP contribution in [-0.4, -0.2) is 43.8 Å². The molecule has 1 fully saturated rings. The molecular formula is C11H24N2O. The van der Waals surface area contributed by atoms with Crippen LogP contribution in [0.3, 0.4) is 0 Å². The molecule has 2 N–H and O–H groups in total. The van der Waals surface area contributed by atoms with E-state index in [1.54, 1.807) is 7.11 Å². The summed E-state index contributed by atoms with van der Waals surface area (Å²) in [5.74, 6) is 0. The molecule has 0 bridgehead atoms. The lowest BCUT2D eigenvalue weighted by Gasteiger charge is -2.30. The molecule has 3 heteroatoms. The SMILES string of the molecule is COCC(C)N1CCCC1CCCN. The lowest BCUT2D eigenvalue weighted by Crippen LogP contribution is -2.40. The summed E-state index contributed by atoms with van der Waals surface area (Å²) in [5.41, 5.74) is 5.54. The number of likely N-dealkylation sites (tertiary alicyclic amines) is 1. The highest BCUT2D eigenvalue weighted by atomic mass is 16.5. The Balaban J connectivity index is 2.33. The molecule has 1 heterocycles. The van der Waals surface area contributed by atoms with Crippen LogP contribution < -0.4 is 5.73 Å². The van der Waals surface area contributed by atoms with E-state index in [-0.39, 0.29) is 0 Å². The molecule has 0 aliphatic carbocycles. The number of nitrogens with two attached hydrogens (primary N) is 1. The Kier molecular flexibility index (Phi) is 5.45. The van der Waals surface area contributed by atoms with Crippen molar-refractivity contribution in [2.24, 2.45) is 5.73 Å². The highest BCUT2D eigenvalue weighted by molar-refractivity contribution is 4.82. The second-order valence-corrected chi connectivity index (χ2v) is 4.27. The van der Waals surface area contributed by atoms with Gasteiger partial charge in [-0.15, -0.1) is 0 Å². The molecule has 0 aromatic carbocycles. The Bertz CT molecular complexity index is 152. The van der Waals surface area contributed by atoms with Crippen molar-refractivity contribution >= 4 is 0 Å². The van der Waals surface area contributed by atoms with Crippen LogP contribution in [0, 0.1) is 0 Å². The second kappa shape index (κ2) is 6.38. The molecular weight excluding hydrogens is 176 g/mol. The van der Waals surface area contributed by atoms with Crippen molar-refractivity contribution < 1.29 is 4.74 Å². The number of nitrogens with zero attached hydrogens (tertiary/aromatic N) is 1. The molecule has 1 aliphatic rings. The average Bonchev–Trinajstić information content (AvgIpc) is 2.63. The van der Waals surface area contributed by atoms with E-state index in [9.17, 15) is 0 Å². The molecule has 1 saturated heterocycles. The fraction of sp³-hybridized carbons (Fsp3) is 1.00. The summed E-state index contributed by atoms with van der Waals surface area (Å²) in [6.45, 7) is 5.16. The Morgan fingerprint density at radius 1 is 1.57 bits per heavy atom. The summed E-state index contributed by atoms with van der Waals surface area (Å²) < 4.78 is 5.20. The van der Waals surface area contributed by atoms with Gasteiger partial charge >= 0.3 is 0 Å². The van der Waals surface area contributed by atoms with Crippen LogP contribution in [0.25, 0.3) is 0 Å². The van der Waals surface area contributed by atoms with Crippen molar-refractivity contribution in [3.63, 3.8) is 0 Å². The van der Waals surface area contributed by atoms with Gasteiger partial charge in [0.15, 0.2) is 0 Å². The Morgan fingerprint density at radius 3 is 3.00 bits per heavy atom. The standard InChI is InChI=1S/C11H24N2O/c1-10(9-14-2)13-8-4-6-11(13)5-3-7-12/h10-11H,3-9,12H2,1-2H3. The highest BCUT2D eigenvalue weighted by Gasteiger charge is 2.27. The predicted molar refractivity (Wildman–Crippen MR) is 59.4 cm³/mol. The summed E-state index contributed by atoms with van der Waals surface area (Å²) in [6, 6.07) is 1.31. The third-order valence-electron chi connectivity index (χ3n) is 3.14. The minimum atomic E-state index is 0.560. The van der Waals surface area contributed by atoms with Gasteiger partial charge in [-0.3, -0.25) is 4.90 Å². The normalized spacial score (nSPS) is 25.5.